The van der Waals surface area contributed by atoms with Crippen molar-refractivity contribution in [2.45, 2.75) is 0 Å². The molecule has 0 bridgehead atoms. The second kappa shape index (κ2) is 4.56. The summed E-state index contributed by atoms with van der Waals surface area (Å²) in [5, 5.41) is 0. The molecular formula is C7H6BrN3O2. The summed E-state index contributed by atoms with van der Waals surface area (Å²) < 4.78 is 0.785. The fourth-order valence-corrected chi connectivity index (χ4v) is 0.904. The van der Waals surface area contributed by atoms with Gasteiger partial charge in [0.2, 0.25) is 6.41 Å². The van der Waals surface area contributed by atoms with Gasteiger partial charge in [0, 0.05) is 10.7 Å². The van der Waals surface area contributed by atoms with Crippen molar-refractivity contribution in [3.05, 3.63) is 28.5 Å². The Morgan fingerprint density at radius 3 is 2.85 bits per heavy atom. The highest BCUT2D eigenvalue weighted by Crippen LogP contribution is 2.06. The van der Waals surface area contributed by atoms with Gasteiger partial charge in [-0.3, -0.25) is 20.4 Å². The number of rotatable bonds is 3. The van der Waals surface area contributed by atoms with E-state index >= 15 is 0 Å². The highest BCUT2D eigenvalue weighted by molar-refractivity contribution is 9.10. The molecule has 68 valence electrons. The SMILES string of the molecule is O=CNNC(=O)c1ccc(Br)cn1. The second-order valence-electron chi connectivity index (χ2n) is 2.08. The lowest BCUT2D eigenvalue weighted by Crippen LogP contribution is -2.36. The van der Waals surface area contributed by atoms with E-state index in [-0.39, 0.29) is 5.69 Å². The molecule has 0 saturated heterocycles. The van der Waals surface area contributed by atoms with Crippen molar-refractivity contribution in [1.29, 1.82) is 0 Å². The molecule has 5 nitrogen and oxygen atoms in total. The fourth-order valence-electron chi connectivity index (χ4n) is 0.669. The summed E-state index contributed by atoms with van der Waals surface area (Å²) in [6.45, 7) is 0. The van der Waals surface area contributed by atoms with Crippen LogP contribution in [-0.2, 0) is 4.79 Å². The van der Waals surface area contributed by atoms with Crippen molar-refractivity contribution >= 4 is 28.2 Å². The molecule has 1 aromatic heterocycles. The number of hydrazine groups is 1. The molecule has 0 fully saturated rings. The van der Waals surface area contributed by atoms with E-state index in [4.69, 9.17) is 0 Å². The van der Waals surface area contributed by atoms with Gasteiger partial charge in [-0.25, -0.2) is 4.98 Å². The minimum Gasteiger partial charge on any atom is -0.277 e. The number of carbonyl (C=O) groups excluding carboxylic acids is 2. The van der Waals surface area contributed by atoms with Gasteiger partial charge in [0.05, 0.1) is 0 Å². The van der Waals surface area contributed by atoms with Gasteiger partial charge < -0.3 is 0 Å². The molecule has 2 N–H and O–H groups in total. The third-order valence-corrected chi connectivity index (χ3v) is 1.67. The van der Waals surface area contributed by atoms with Gasteiger partial charge >= 0.3 is 0 Å². The zero-order valence-electron chi connectivity index (χ0n) is 6.45. The lowest BCUT2D eigenvalue weighted by molar-refractivity contribution is -0.110. The van der Waals surface area contributed by atoms with Crippen molar-refractivity contribution in [2.75, 3.05) is 0 Å². The summed E-state index contributed by atoms with van der Waals surface area (Å²) in [5.74, 6) is -0.459. The Hall–Kier alpha value is -1.43. The van der Waals surface area contributed by atoms with Crippen LogP contribution in [0.15, 0.2) is 22.8 Å². The first kappa shape index (κ1) is 9.66. The molecule has 0 saturated carbocycles. The Balaban J connectivity index is 2.66. The van der Waals surface area contributed by atoms with E-state index in [1.165, 1.54) is 12.3 Å². The van der Waals surface area contributed by atoms with Crippen LogP contribution in [0.25, 0.3) is 0 Å². The molecule has 1 heterocycles. The normalized spacial score (nSPS) is 9.00. The Kier molecular flexibility index (Phi) is 3.39. The second-order valence-corrected chi connectivity index (χ2v) is 2.99. The average molecular weight is 244 g/mol. The van der Waals surface area contributed by atoms with E-state index < -0.39 is 5.91 Å². The fraction of sp³-hybridized carbons (Fsp3) is 0. The molecule has 0 spiro atoms. The molecule has 2 amide bonds. The number of amides is 2. The quantitative estimate of drug-likeness (QED) is 0.590. The maximum absolute atomic E-state index is 11.1. The number of pyridine rings is 1. The molecule has 6 heteroatoms. The average Bonchev–Trinajstić information content (AvgIpc) is 2.15. The predicted octanol–water partition coefficient (Wildman–Crippen LogP) is 0.235. The summed E-state index contributed by atoms with van der Waals surface area (Å²) >= 11 is 3.18. The van der Waals surface area contributed by atoms with Crippen molar-refractivity contribution in [3.63, 3.8) is 0 Å². The molecule has 0 aliphatic heterocycles. The van der Waals surface area contributed by atoms with Crippen LogP contribution in [-0.4, -0.2) is 17.3 Å². The van der Waals surface area contributed by atoms with Crippen molar-refractivity contribution < 1.29 is 9.59 Å². The number of hydrogen-bond donors (Lipinski definition) is 2. The van der Waals surface area contributed by atoms with E-state index in [1.807, 2.05) is 5.43 Å². The number of carbonyl (C=O) groups is 2. The van der Waals surface area contributed by atoms with E-state index in [0.29, 0.717) is 6.41 Å². The molecule has 0 aliphatic carbocycles. The highest BCUT2D eigenvalue weighted by atomic mass is 79.9. The number of aromatic nitrogens is 1. The monoisotopic (exact) mass is 243 g/mol. The minimum absolute atomic E-state index is 0.234. The lowest BCUT2D eigenvalue weighted by Gasteiger charge is -2.00. The van der Waals surface area contributed by atoms with E-state index in [0.717, 1.165) is 4.47 Å². The third-order valence-electron chi connectivity index (χ3n) is 1.20. The topological polar surface area (TPSA) is 71.1 Å². The molecular weight excluding hydrogens is 238 g/mol. The molecule has 0 unspecified atom stereocenters. The molecule has 1 aromatic rings. The first-order chi connectivity index (χ1) is 6.24. The summed E-state index contributed by atoms with van der Waals surface area (Å²) in [4.78, 5) is 24.8. The van der Waals surface area contributed by atoms with Gasteiger partial charge in [0.25, 0.3) is 5.91 Å². The van der Waals surface area contributed by atoms with E-state index in [1.54, 1.807) is 6.07 Å². The van der Waals surface area contributed by atoms with Gasteiger partial charge in [-0.1, -0.05) is 0 Å². The van der Waals surface area contributed by atoms with Crippen LogP contribution < -0.4 is 10.9 Å². The summed E-state index contributed by atoms with van der Waals surface area (Å²) in [6.07, 6.45) is 1.87. The van der Waals surface area contributed by atoms with Crippen molar-refractivity contribution in [3.8, 4) is 0 Å². The van der Waals surface area contributed by atoms with E-state index in [9.17, 15) is 9.59 Å². The number of nitrogens with one attached hydrogen (secondary N) is 2. The zero-order valence-corrected chi connectivity index (χ0v) is 8.04. The minimum atomic E-state index is -0.459. The van der Waals surface area contributed by atoms with E-state index in [2.05, 4.69) is 26.3 Å². The summed E-state index contributed by atoms with van der Waals surface area (Å²) in [7, 11) is 0. The van der Waals surface area contributed by atoms with Crippen LogP contribution in [0.3, 0.4) is 0 Å². The standard InChI is InChI=1S/C7H6BrN3O2/c8-5-1-2-6(9-3-5)7(13)11-10-4-12/h1-4H,(H,10,12)(H,11,13). The first-order valence-corrected chi connectivity index (χ1v) is 4.14. The van der Waals surface area contributed by atoms with Crippen LogP contribution >= 0.6 is 15.9 Å². The van der Waals surface area contributed by atoms with Gasteiger partial charge in [0.1, 0.15) is 5.69 Å². The van der Waals surface area contributed by atoms with Crippen LogP contribution in [0, 0.1) is 0 Å². The smallest absolute Gasteiger partial charge is 0.277 e. The Morgan fingerprint density at radius 2 is 2.31 bits per heavy atom. The van der Waals surface area contributed by atoms with Crippen molar-refractivity contribution in [2.24, 2.45) is 0 Å². The maximum Gasteiger partial charge on any atom is 0.288 e. The Labute approximate surface area is 82.6 Å². The van der Waals surface area contributed by atoms with Gasteiger partial charge in [0.15, 0.2) is 0 Å². The molecule has 0 radical (unpaired) electrons. The molecule has 0 aliphatic rings. The van der Waals surface area contributed by atoms with Crippen molar-refractivity contribution in [1.82, 2.24) is 15.8 Å². The summed E-state index contributed by atoms with van der Waals surface area (Å²) in [5.41, 5.74) is 4.40. The van der Waals surface area contributed by atoms with Crippen LogP contribution in [0.5, 0.6) is 0 Å². The van der Waals surface area contributed by atoms with Gasteiger partial charge in [-0.05, 0) is 28.1 Å². The Bertz CT molecular complexity index is 312. The molecule has 13 heavy (non-hydrogen) atoms. The number of hydrogen-bond acceptors (Lipinski definition) is 3. The lowest BCUT2D eigenvalue weighted by atomic mass is 10.3. The zero-order chi connectivity index (χ0) is 9.68. The number of nitrogens with zero attached hydrogens (tertiary/aromatic N) is 1. The molecule has 0 atom stereocenters. The van der Waals surface area contributed by atoms with Gasteiger partial charge in [-0.2, -0.15) is 0 Å². The highest BCUT2D eigenvalue weighted by Gasteiger charge is 2.04. The third kappa shape index (κ3) is 2.83. The first-order valence-electron chi connectivity index (χ1n) is 3.35. The van der Waals surface area contributed by atoms with Crippen LogP contribution in [0.4, 0.5) is 0 Å². The maximum atomic E-state index is 11.1. The van der Waals surface area contributed by atoms with Crippen LogP contribution in [0.2, 0.25) is 0 Å². The molecule has 1 rings (SSSR count). The summed E-state index contributed by atoms with van der Waals surface area (Å²) in [6, 6.07) is 3.22. The largest absolute Gasteiger partial charge is 0.288 e. The number of halogens is 1. The predicted molar refractivity (Wildman–Crippen MR) is 48.6 cm³/mol. The molecule has 0 aromatic carbocycles. The Morgan fingerprint density at radius 1 is 1.54 bits per heavy atom. The van der Waals surface area contributed by atoms with Gasteiger partial charge in [-0.15, -0.1) is 0 Å². The van der Waals surface area contributed by atoms with Crippen LogP contribution in [0.1, 0.15) is 10.5 Å².